The van der Waals surface area contributed by atoms with Crippen molar-refractivity contribution in [2.24, 2.45) is 0 Å². The number of rotatable bonds is 6. The number of ether oxygens (including phenoxy) is 2. The van der Waals surface area contributed by atoms with E-state index >= 15 is 0 Å². The van der Waals surface area contributed by atoms with Gasteiger partial charge in [0.15, 0.2) is 0 Å². The van der Waals surface area contributed by atoms with Gasteiger partial charge in [-0.15, -0.1) is 0 Å². The number of amides is 1. The second-order valence-corrected chi connectivity index (χ2v) is 4.68. The van der Waals surface area contributed by atoms with Crippen LogP contribution in [-0.2, 0) is 9.47 Å². The predicted molar refractivity (Wildman–Crippen MR) is 75.0 cm³/mol. The first-order valence-corrected chi connectivity index (χ1v) is 6.58. The molecule has 0 bridgehead atoms. The Bertz CT molecular complexity index is 494. The smallest absolute Gasteiger partial charge is 0.355 e. The molecule has 0 aliphatic carbocycles. The zero-order valence-electron chi connectivity index (χ0n) is 12.6. The third kappa shape index (κ3) is 3.60. The summed E-state index contributed by atoms with van der Waals surface area (Å²) in [7, 11) is 1.58. The van der Waals surface area contributed by atoms with Crippen molar-refractivity contribution in [3.63, 3.8) is 0 Å². The summed E-state index contributed by atoms with van der Waals surface area (Å²) in [4.78, 5) is 26.9. The molecule has 112 valence electrons. The summed E-state index contributed by atoms with van der Waals surface area (Å²) in [6.07, 6.45) is 0. The molecule has 6 nitrogen and oxygen atoms in total. The van der Waals surface area contributed by atoms with Crippen LogP contribution in [0.3, 0.4) is 0 Å². The van der Waals surface area contributed by atoms with Crippen LogP contribution in [0.5, 0.6) is 0 Å². The monoisotopic (exact) mass is 282 g/mol. The fourth-order valence-electron chi connectivity index (χ4n) is 2.09. The summed E-state index contributed by atoms with van der Waals surface area (Å²) in [6, 6.07) is -0.104. The number of hydrogen-bond acceptors (Lipinski definition) is 4. The number of esters is 1. The number of carbonyl (C=O) groups excluding carboxylic acids is 2. The van der Waals surface area contributed by atoms with Crippen LogP contribution in [0.25, 0.3) is 0 Å². The zero-order chi connectivity index (χ0) is 15.3. The Hall–Kier alpha value is -1.82. The second-order valence-electron chi connectivity index (χ2n) is 4.68. The Morgan fingerprint density at radius 1 is 1.35 bits per heavy atom. The number of H-pyrrole nitrogens is 1. The van der Waals surface area contributed by atoms with Crippen LogP contribution in [0, 0.1) is 13.8 Å². The highest BCUT2D eigenvalue weighted by Crippen LogP contribution is 2.18. The molecule has 1 aromatic rings. The summed E-state index contributed by atoms with van der Waals surface area (Å²) in [5.74, 6) is -0.673. The molecule has 1 heterocycles. The highest BCUT2D eigenvalue weighted by atomic mass is 16.5. The average Bonchev–Trinajstić information content (AvgIpc) is 2.65. The van der Waals surface area contributed by atoms with E-state index in [2.05, 4.69) is 10.3 Å². The lowest BCUT2D eigenvalue weighted by Crippen LogP contribution is -2.36. The maximum Gasteiger partial charge on any atom is 0.355 e. The maximum absolute atomic E-state index is 12.2. The lowest BCUT2D eigenvalue weighted by molar-refractivity contribution is 0.0519. The Morgan fingerprint density at radius 3 is 2.55 bits per heavy atom. The van der Waals surface area contributed by atoms with E-state index in [1.54, 1.807) is 27.9 Å². The van der Waals surface area contributed by atoms with E-state index in [1.165, 1.54) is 0 Å². The van der Waals surface area contributed by atoms with Crippen molar-refractivity contribution in [1.82, 2.24) is 10.3 Å². The molecule has 1 unspecified atom stereocenters. The molecule has 1 amide bonds. The minimum atomic E-state index is -0.447. The van der Waals surface area contributed by atoms with Crippen LogP contribution in [0.2, 0.25) is 0 Å². The van der Waals surface area contributed by atoms with Crippen molar-refractivity contribution >= 4 is 11.9 Å². The minimum Gasteiger partial charge on any atom is -0.461 e. The molecule has 20 heavy (non-hydrogen) atoms. The number of aryl methyl sites for hydroxylation is 1. The first-order chi connectivity index (χ1) is 9.42. The highest BCUT2D eigenvalue weighted by molar-refractivity contribution is 6.01. The molecule has 2 N–H and O–H groups in total. The van der Waals surface area contributed by atoms with Gasteiger partial charge in [-0.1, -0.05) is 0 Å². The van der Waals surface area contributed by atoms with E-state index in [0.717, 1.165) is 0 Å². The van der Waals surface area contributed by atoms with Gasteiger partial charge < -0.3 is 19.8 Å². The number of carbonyl (C=O) groups is 2. The molecule has 1 rings (SSSR count). The Morgan fingerprint density at radius 2 is 2.00 bits per heavy atom. The molecule has 1 aromatic heterocycles. The summed E-state index contributed by atoms with van der Waals surface area (Å²) >= 11 is 0. The van der Waals surface area contributed by atoms with Crippen LogP contribution < -0.4 is 5.32 Å². The average molecular weight is 282 g/mol. The molecule has 0 spiro atoms. The van der Waals surface area contributed by atoms with Crippen LogP contribution in [0.1, 0.15) is 46.0 Å². The van der Waals surface area contributed by atoms with E-state index in [4.69, 9.17) is 9.47 Å². The van der Waals surface area contributed by atoms with Crippen LogP contribution in [-0.4, -0.2) is 43.2 Å². The largest absolute Gasteiger partial charge is 0.461 e. The van der Waals surface area contributed by atoms with Gasteiger partial charge in [-0.25, -0.2) is 4.79 Å². The molecule has 0 aliphatic heterocycles. The molecule has 0 aromatic carbocycles. The van der Waals surface area contributed by atoms with Gasteiger partial charge in [-0.05, 0) is 33.3 Å². The van der Waals surface area contributed by atoms with Gasteiger partial charge in [0, 0.05) is 18.8 Å². The van der Waals surface area contributed by atoms with Gasteiger partial charge in [0.05, 0.1) is 18.8 Å². The third-order valence-corrected chi connectivity index (χ3v) is 2.94. The fourth-order valence-corrected chi connectivity index (χ4v) is 2.09. The van der Waals surface area contributed by atoms with Gasteiger partial charge in [0.25, 0.3) is 5.91 Å². The normalized spacial score (nSPS) is 12.1. The number of nitrogens with one attached hydrogen (secondary N) is 2. The number of aromatic nitrogens is 1. The van der Waals surface area contributed by atoms with E-state index < -0.39 is 5.97 Å². The third-order valence-electron chi connectivity index (χ3n) is 2.94. The van der Waals surface area contributed by atoms with Crippen molar-refractivity contribution in [3.05, 3.63) is 22.5 Å². The Kier molecular flexibility index (Phi) is 5.76. The van der Waals surface area contributed by atoms with E-state index in [9.17, 15) is 9.59 Å². The molecule has 0 aliphatic rings. The zero-order valence-corrected chi connectivity index (χ0v) is 12.6. The molecule has 1 atom stereocenters. The first-order valence-electron chi connectivity index (χ1n) is 6.58. The summed E-state index contributed by atoms with van der Waals surface area (Å²) in [6.45, 7) is 7.80. The van der Waals surface area contributed by atoms with Gasteiger partial charge in [0.2, 0.25) is 0 Å². The first kappa shape index (κ1) is 16.2. The second kappa shape index (κ2) is 7.09. The van der Waals surface area contributed by atoms with Gasteiger partial charge in [0.1, 0.15) is 5.69 Å². The molecule has 0 fully saturated rings. The molecule has 6 heteroatoms. The Balaban J connectivity index is 2.96. The standard InChI is InChI=1S/C14H22N2O4/c1-6-20-14(18)12-9(3)11(10(4)16-12)13(17)15-8(2)7-19-5/h8,16H,6-7H2,1-5H3,(H,15,17). The van der Waals surface area contributed by atoms with Crippen molar-refractivity contribution in [1.29, 1.82) is 0 Å². The van der Waals surface area contributed by atoms with Crippen LogP contribution >= 0.6 is 0 Å². The van der Waals surface area contributed by atoms with Crippen LogP contribution in [0.4, 0.5) is 0 Å². The summed E-state index contributed by atoms with van der Waals surface area (Å²) < 4.78 is 9.93. The number of methoxy groups -OCH3 is 1. The van der Waals surface area contributed by atoms with E-state index in [-0.39, 0.29) is 11.9 Å². The lowest BCUT2D eigenvalue weighted by atomic mass is 10.1. The fraction of sp³-hybridized carbons (Fsp3) is 0.571. The molecule has 0 saturated heterocycles. The number of hydrogen-bond donors (Lipinski definition) is 2. The lowest BCUT2D eigenvalue weighted by Gasteiger charge is -2.13. The molecule has 0 saturated carbocycles. The van der Waals surface area contributed by atoms with E-state index in [0.29, 0.717) is 35.7 Å². The van der Waals surface area contributed by atoms with Crippen molar-refractivity contribution in [2.75, 3.05) is 20.3 Å². The van der Waals surface area contributed by atoms with E-state index in [1.807, 2.05) is 6.92 Å². The topological polar surface area (TPSA) is 80.4 Å². The van der Waals surface area contributed by atoms with Crippen LogP contribution in [0.15, 0.2) is 0 Å². The number of aromatic amines is 1. The Labute approximate surface area is 118 Å². The quantitative estimate of drug-likeness (QED) is 0.776. The van der Waals surface area contributed by atoms with Gasteiger partial charge in [-0.3, -0.25) is 4.79 Å². The highest BCUT2D eigenvalue weighted by Gasteiger charge is 2.23. The molecular formula is C14H22N2O4. The minimum absolute atomic E-state index is 0.104. The van der Waals surface area contributed by atoms with Crippen molar-refractivity contribution < 1.29 is 19.1 Å². The molecule has 0 radical (unpaired) electrons. The molecular weight excluding hydrogens is 260 g/mol. The summed E-state index contributed by atoms with van der Waals surface area (Å²) in [5.41, 5.74) is 2.06. The predicted octanol–water partition coefficient (Wildman–Crippen LogP) is 1.57. The van der Waals surface area contributed by atoms with Crippen molar-refractivity contribution in [2.45, 2.75) is 33.7 Å². The van der Waals surface area contributed by atoms with Gasteiger partial charge in [-0.2, -0.15) is 0 Å². The van der Waals surface area contributed by atoms with Crippen molar-refractivity contribution in [3.8, 4) is 0 Å². The SMILES string of the molecule is CCOC(=O)c1[nH]c(C)c(C(=O)NC(C)COC)c1C. The maximum atomic E-state index is 12.2. The summed E-state index contributed by atoms with van der Waals surface area (Å²) in [5, 5.41) is 2.83. The van der Waals surface area contributed by atoms with Gasteiger partial charge >= 0.3 is 5.97 Å².